The second-order valence-electron chi connectivity index (χ2n) is 7.76. The van der Waals surface area contributed by atoms with E-state index in [0.29, 0.717) is 17.9 Å². The SMILES string of the molecule is CCN(C(=O)C1CCCCC1(C)C)C1CCCCC1CN. The van der Waals surface area contributed by atoms with Gasteiger partial charge in [-0.2, -0.15) is 0 Å². The second kappa shape index (κ2) is 7.13. The zero-order valence-electron chi connectivity index (χ0n) is 14.2. The maximum absolute atomic E-state index is 13.2. The molecule has 0 spiro atoms. The molecular weight excluding hydrogens is 260 g/mol. The summed E-state index contributed by atoms with van der Waals surface area (Å²) in [7, 11) is 0. The first-order valence-corrected chi connectivity index (χ1v) is 9.01. The predicted molar refractivity (Wildman–Crippen MR) is 87.9 cm³/mol. The van der Waals surface area contributed by atoms with E-state index in [2.05, 4.69) is 25.7 Å². The van der Waals surface area contributed by atoms with E-state index in [9.17, 15) is 4.79 Å². The number of carbonyl (C=O) groups excluding carboxylic acids is 1. The van der Waals surface area contributed by atoms with E-state index in [0.717, 1.165) is 25.9 Å². The maximum atomic E-state index is 13.2. The number of carbonyl (C=O) groups is 1. The summed E-state index contributed by atoms with van der Waals surface area (Å²) in [5.41, 5.74) is 6.14. The first-order valence-electron chi connectivity index (χ1n) is 9.01. The molecule has 1 amide bonds. The topological polar surface area (TPSA) is 46.3 Å². The number of amides is 1. The van der Waals surface area contributed by atoms with Gasteiger partial charge in [0.15, 0.2) is 0 Å². The summed E-state index contributed by atoms with van der Waals surface area (Å²) in [6.07, 6.45) is 9.61. The quantitative estimate of drug-likeness (QED) is 0.861. The number of hydrogen-bond donors (Lipinski definition) is 1. The summed E-state index contributed by atoms with van der Waals surface area (Å²) in [6, 6.07) is 0.388. The standard InChI is InChI=1S/C18H34N2O/c1-4-20(16-11-6-5-9-14(16)13-19)17(21)15-10-7-8-12-18(15,2)3/h14-16H,4-13,19H2,1-3H3. The van der Waals surface area contributed by atoms with Gasteiger partial charge in [0.2, 0.25) is 5.91 Å². The van der Waals surface area contributed by atoms with Crippen molar-refractivity contribution in [3.63, 3.8) is 0 Å². The molecule has 2 N–H and O–H groups in total. The van der Waals surface area contributed by atoms with Crippen LogP contribution in [0, 0.1) is 17.3 Å². The maximum Gasteiger partial charge on any atom is 0.226 e. The number of rotatable bonds is 4. The summed E-state index contributed by atoms with van der Waals surface area (Å²) >= 11 is 0. The molecule has 2 fully saturated rings. The Morgan fingerprint density at radius 1 is 1.14 bits per heavy atom. The molecule has 2 rings (SSSR count). The van der Waals surface area contributed by atoms with Crippen molar-refractivity contribution in [1.82, 2.24) is 4.90 Å². The molecule has 0 aromatic carbocycles. The Balaban J connectivity index is 2.13. The lowest BCUT2D eigenvalue weighted by molar-refractivity contribution is -0.145. The van der Waals surface area contributed by atoms with Crippen LogP contribution in [0.3, 0.4) is 0 Å². The third-order valence-corrected chi connectivity index (χ3v) is 6.00. The van der Waals surface area contributed by atoms with Gasteiger partial charge >= 0.3 is 0 Å². The molecule has 21 heavy (non-hydrogen) atoms. The van der Waals surface area contributed by atoms with Crippen LogP contribution in [0.4, 0.5) is 0 Å². The molecule has 3 atom stereocenters. The number of hydrogen-bond acceptors (Lipinski definition) is 2. The molecule has 0 bridgehead atoms. The lowest BCUT2D eigenvalue weighted by Gasteiger charge is -2.45. The highest BCUT2D eigenvalue weighted by molar-refractivity contribution is 5.80. The van der Waals surface area contributed by atoms with Crippen LogP contribution in [-0.4, -0.2) is 29.9 Å². The summed E-state index contributed by atoms with van der Waals surface area (Å²) in [5, 5.41) is 0. The predicted octanol–water partition coefficient (Wildman–Crippen LogP) is 3.57. The van der Waals surface area contributed by atoms with Gasteiger partial charge < -0.3 is 10.6 Å². The highest BCUT2D eigenvalue weighted by atomic mass is 16.2. The lowest BCUT2D eigenvalue weighted by Crippen LogP contribution is -2.52. The Labute approximate surface area is 130 Å². The monoisotopic (exact) mass is 294 g/mol. The van der Waals surface area contributed by atoms with Crippen LogP contribution in [0.25, 0.3) is 0 Å². The molecular formula is C18H34N2O. The molecule has 0 aliphatic heterocycles. The van der Waals surface area contributed by atoms with Gasteiger partial charge in [-0.25, -0.2) is 0 Å². The Hall–Kier alpha value is -0.570. The normalized spacial score (nSPS) is 32.7. The van der Waals surface area contributed by atoms with Gasteiger partial charge in [-0.1, -0.05) is 39.5 Å². The van der Waals surface area contributed by atoms with E-state index in [1.807, 2.05) is 0 Å². The molecule has 0 aromatic rings. The van der Waals surface area contributed by atoms with Crippen LogP contribution in [0.15, 0.2) is 0 Å². The minimum atomic E-state index is 0.162. The van der Waals surface area contributed by atoms with E-state index in [-0.39, 0.29) is 11.3 Å². The molecule has 0 saturated heterocycles. The summed E-state index contributed by atoms with van der Waals surface area (Å²) in [5.74, 6) is 1.13. The van der Waals surface area contributed by atoms with Crippen LogP contribution in [0.5, 0.6) is 0 Å². The van der Waals surface area contributed by atoms with Crippen LogP contribution in [0.2, 0.25) is 0 Å². The molecule has 3 nitrogen and oxygen atoms in total. The number of nitrogens with two attached hydrogens (primary N) is 1. The van der Waals surface area contributed by atoms with E-state index >= 15 is 0 Å². The van der Waals surface area contributed by atoms with E-state index in [1.54, 1.807) is 0 Å². The van der Waals surface area contributed by atoms with Gasteiger partial charge in [-0.3, -0.25) is 4.79 Å². The molecule has 0 radical (unpaired) electrons. The van der Waals surface area contributed by atoms with E-state index in [4.69, 9.17) is 5.73 Å². The third-order valence-electron chi connectivity index (χ3n) is 6.00. The molecule has 3 unspecified atom stereocenters. The Bertz CT molecular complexity index is 353. The van der Waals surface area contributed by atoms with Gasteiger partial charge in [-0.15, -0.1) is 0 Å². The minimum absolute atomic E-state index is 0.162. The largest absolute Gasteiger partial charge is 0.339 e. The molecule has 3 heteroatoms. The summed E-state index contributed by atoms with van der Waals surface area (Å²) in [6.45, 7) is 8.26. The average Bonchev–Trinajstić information content (AvgIpc) is 2.48. The van der Waals surface area contributed by atoms with E-state index < -0.39 is 0 Å². The van der Waals surface area contributed by atoms with Crippen LogP contribution in [0.1, 0.15) is 72.1 Å². The molecule has 0 aromatic heterocycles. The van der Waals surface area contributed by atoms with Gasteiger partial charge in [0.1, 0.15) is 0 Å². The van der Waals surface area contributed by atoms with Gasteiger partial charge in [0.25, 0.3) is 0 Å². The minimum Gasteiger partial charge on any atom is -0.339 e. The molecule has 0 heterocycles. The summed E-state index contributed by atoms with van der Waals surface area (Å²) < 4.78 is 0. The van der Waals surface area contributed by atoms with Crippen LogP contribution < -0.4 is 5.73 Å². The van der Waals surface area contributed by atoms with Crippen molar-refractivity contribution in [3.05, 3.63) is 0 Å². The fraction of sp³-hybridized carbons (Fsp3) is 0.944. The zero-order chi connectivity index (χ0) is 15.5. The fourth-order valence-electron chi connectivity index (χ4n) is 4.58. The number of nitrogens with zero attached hydrogens (tertiary/aromatic N) is 1. The Kier molecular flexibility index (Phi) is 5.70. The first kappa shape index (κ1) is 16.8. The molecule has 2 saturated carbocycles. The van der Waals surface area contributed by atoms with E-state index in [1.165, 1.54) is 38.5 Å². The van der Waals surface area contributed by atoms with Crippen molar-refractivity contribution in [3.8, 4) is 0 Å². The van der Waals surface area contributed by atoms with Crippen molar-refractivity contribution in [2.75, 3.05) is 13.1 Å². The van der Waals surface area contributed by atoms with Gasteiger partial charge in [0.05, 0.1) is 0 Å². The van der Waals surface area contributed by atoms with Crippen molar-refractivity contribution in [1.29, 1.82) is 0 Å². The Morgan fingerprint density at radius 2 is 1.81 bits per heavy atom. The highest BCUT2D eigenvalue weighted by Gasteiger charge is 2.41. The highest BCUT2D eigenvalue weighted by Crippen LogP contribution is 2.42. The van der Waals surface area contributed by atoms with Gasteiger partial charge in [0, 0.05) is 18.5 Å². The van der Waals surface area contributed by atoms with Crippen LogP contribution >= 0.6 is 0 Å². The smallest absolute Gasteiger partial charge is 0.226 e. The van der Waals surface area contributed by atoms with Crippen molar-refractivity contribution in [2.24, 2.45) is 23.0 Å². The van der Waals surface area contributed by atoms with Gasteiger partial charge in [-0.05, 0) is 50.5 Å². The molecule has 122 valence electrons. The second-order valence-corrected chi connectivity index (χ2v) is 7.76. The molecule has 2 aliphatic rings. The zero-order valence-corrected chi connectivity index (χ0v) is 14.2. The summed E-state index contributed by atoms with van der Waals surface area (Å²) in [4.78, 5) is 15.4. The first-order chi connectivity index (χ1) is 10.0. The molecule has 2 aliphatic carbocycles. The van der Waals surface area contributed by atoms with Crippen molar-refractivity contribution in [2.45, 2.75) is 78.2 Å². The van der Waals surface area contributed by atoms with Crippen LogP contribution in [-0.2, 0) is 4.79 Å². The lowest BCUT2D eigenvalue weighted by atomic mass is 9.68. The Morgan fingerprint density at radius 3 is 2.43 bits per heavy atom. The van der Waals surface area contributed by atoms with Crippen molar-refractivity contribution < 1.29 is 4.79 Å². The van der Waals surface area contributed by atoms with Crippen molar-refractivity contribution >= 4 is 5.91 Å². The average molecular weight is 294 g/mol. The third kappa shape index (κ3) is 3.61. The fourth-order valence-corrected chi connectivity index (χ4v) is 4.58.